The number of hydrogen-bond acceptors (Lipinski definition) is 3. The van der Waals surface area contributed by atoms with Crippen molar-refractivity contribution in [2.24, 2.45) is 5.92 Å². The Bertz CT molecular complexity index is 1220. The number of hydrogen-bond donors (Lipinski definition) is 0. The minimum atomic E-state index is -4.57. The van der Waals surface area contributed by atoms with Crippen molar-refractivity contribution in [2.45, 2.75) is 63.6 Å². The van der Waals surface area contributed by atoms with Crippen LogP contribution < -0.4 is 4.90 Å². The topological polar surface area (TPSA) is 34.0 Å². The van der Waals surface area contributed by atoms with E-state index in [0.29, 0.717) is 24.2 Å². The van der Waals surface area contributed by atoms with E-state index in [2.05, 4.69) is 11.8 Å². The van der Waals surface area contributed by atoms with Crippen molar-refractivity contribution in [1.29, 1.82) is 0 Å². The molecule has 0 spiro atoms. The highest BCUT2D eigenvalue weighted by Crippen LogP contribution is 2.45. The summed E-state index contributed by atoms with van der Waals surface area (Å²) in [6.45, 7) is 2.73. The second-order valence-electron chi connectivity index (χ2n) is 9.68. The molecule has 1 atom stereocenters. The summed E-state index contributed by atoms with van der Waals surface area (Å²) < 4.78 is 55.1. The monoisotopic (exact) mass is 620 g/mol. The Balaban J connectivity index is 0.00000320. The van der Waals surface area contributed by atoms with Crippen molar-refractivity contribution >= 4 is 46.1 Å². The van der Waals surface area contributed by atoms with Gasteiger partial charge in [-0.15, -0.1) is 22.1 Å². The van der Waals surface area contributed by atoms with Crippen LogP contribution in [0.15, 0.2) is 36.4 Å². The molecule has 2 aromatic carbocycles. The largest absolute Gasteiger partial charge is 0.416 e. The Morgan fingerprint density at radius 3 is 2.19 bits per heavy atom. The molecule has 0 bridgehead atoms. The summed E-state index contributed by atoms with van der Waals surface area (Å²) in [6.07, 6.45) is 1.28. The molecule has 11 heteroatoms. The van der Waals surface area contributed by atoms with Gasteiger partial charge in [0, 0.05) is 12.5 Å². The van der Waals surface area contributed by atoms with Crippen LogP contribution in [0, 0.1) is 11.7 Å². The SMILES string of the molecule is Br.CCCN(c1nc(C2CC2)n(-c2c(Cl)cc(C(F)(F)F)cc2Cl)n1)C(CC1CC1)c1ccc(F)cc1. The summed E-state index contributed by atoms with van der Waals surface area (Å²) >= 11 is 12.7. The van der Waals surface area contributed by atoms with Gasteiger partial charge in [-0.2, -0.15) is 18.2 Å². The van der Waals surface area contributed by atoms with Crippen LogP contribution in [-0.2, 0) is 6.18 Å². The maximum absolute atomic E-state index is 13.7. The van der Waals surface area contributed by atoms with Gasteiger partial charge in [-0.25, -0.2) is 9.07 Å². The molecule has 0 amide bonds. The Morgan fingerprint density at radius 2 is 1.68 bits per heavy atom. The standard InChI is InChI=1S/C26H26Cl2F4N4.BrH/c1-2-11-35(22(12-15-3-4-15)16-7-9-19(29)10-8-16)25-33-24(17-5-6-17)36(34-25)23-20(27)13-18(14-21(23)28)26(30,31)32;/h7-10,13-15,17,22H,2-6,11-12H2,1H3;1H. The number of alkyl halides is 3. The molecule has 200 valence electrons. The van der Waals surface area contributed by atoms with Gasteiger partial charge < -0.3 is 4.90 Å². The summed E-state index contributed by atoms with van der Waals surface area (Å²) in [6, 6.07) is 8.21. The molecule has 0 radical (unpaired) electrons. The smallest absolute Gasteiger partial charge is 0.332 e. The van der Waals surface area contributed by atoms with Crippen LogP contribution in [0.2, 0.25) is 10.0 Å². The van der Waals surface area contributed by atoms with Gasteiger partial charge in [0.05, 0.1) is 21.7 Å². The number of nitrogens with zero attached hydrogens (tertiary/aromatic N) is 4. The van der Waals surface area contributed by atoms with Crippen molar-refractivity contribution in [1.82, 2.24) is 14.8 Å². The molecule has 4 nitrogen and oxygen atoms in total. The number of halogens is 7. The Morgan fingerprint density at radius 1 is 1.05 bits per heavy atom. The molecule has 1 aromatic heterocycles. The quantitative estimate of drug-likeness (QED) is 0.224. The first-order chi connectivity index (χ1) is 17.2. The van der Waals surface area contributed by atoms with E-state index in [4.69, 9.17) is 33.3 Å². The molecular weight excluding hydrogens is 595 g/mol. The lowest BCUT2D eigenvalue weighted by Gasteiger charge is -2.31. The predicted octanol–water partition coefficient (Wildman–Crippen LogP) is 8.95. The summed E-state index contributed by atoms with van der Waals surface area (Å²) in [5.74, 6) is 1.54. The van der Waals surface area contributed by atoms with Gasteiger partial charge in [-0.1, -0.05) is 55.1 Å². The molecular formula is C26H27BrCl2F4N4. The summed E-state index contributed by atoms with van der Waals surface area (Å²) in [5, 5.41) is 4.50. The first kappa shape index (κ1) is 28.2. The van der Waals surface area contributed by atoms with E-state index in [1.807, 2.05) is 0 Å². The molecule has 1 heterocycles. The predicted molar refractivity (Wildman–Crippen MR) is 143 cm³/mol. The molecule has 5 rings (SSSR count). The average Bonchev–Trinajstić information content (AvgIpc) is 3.75. The molecule has 0 N–H and O–H groups in total. The molecule has 2 fully saturated rings. The highest BCUT2D eigenvalue weighted by atomic mass is 79.9. The molecule has 0 aliphatic heterocycles. The highest BCUT2D eigenvalue weighted by molar-refractivity contribution is 8.93. The first-order valence-electron chi connectivity index (χ1n) is 12.2. The van der Waals surface area contributed by atoms with Gasteiger partial charge in [0.2, 0.25) is 5.95 Å². The van der Waals surface area contributed by atoms with Crippen molar-refractivity contribution < 1.29 is 17.6 Å². The van der Waals surface area contributed by atoms with Crippen LogP contribution in [-0.4, -0.2) is 21.3 Å². The fraction of sp³-hybridized carbons (Fsp3) is 0.462. The normalized spacial score (nSPS) is 16.4. The fourth-order valence-electron chi connectivity index (χ4n) is 4.57. The Labute approximate surface area is 233 Å². The number of rotatable bonds is 9. The third kappa shape index (κ3) is 6.25. The minimum Gasteiger partial charge on any atom is -0.332 e. The van der Waals surface area contributed by atoms with E-state index in [1.165, 1.54) is 16.8 Å². The molecule has 2 aliphatic carbocycles. The highest BCUT2D eigenvalue weighted by Gasteiger charge is 2.37. The van der Waals surface area contributed by atoms with Crippen molar-refractivity contribution in [3.63, 3.8) is 0 Å². The number of benzene rings is 2. The van der Waals surface area contributed by atoms with Crippen LogP contribution in [0.4, 0.5) is 23.5 Å². The van der Waals surface area contributed by atoms with Crippen LogP contribution in [0.1, 0.15) is 74.4 Å². The lowest BCUT2D eigenvalue weighted by atomic mass is 9.99. The van der Waals surface area contributed by atoms with Gasteiger partial charge in [-0.3, -0.25) is 0 Å². The van der Waals surface area contributed by atoms with E-state index in [0.717, 1.165) is 56.2 Å². The molecule has 1 unspecified atom stereocenters. The minimum absolute atomic E-state index is 0. The lowest BCUT2D eigenvalue weighted by molar-refractivity contribution is -0.137. The van der Waals surface area contributed by atoms with E-state index < -0.39 is 11.7 Å². The van der Waals surface area contributed by atoms with E-state index in [9.17, 15) is 17.6 Å². The molecule has 0 saturated heterocycles. The summed E-state index contributed by atoms with van der Waals surface area (Å²) in [7, 11) is 0. The van der Waals surface area contributed by atoms with Gasteiger partial charge in [0.25, 0.3) is 0 Å². The van der Waals surface area contributed by atoms with Gasteiger partial charge in [0.15, 0.2) is 0 Å². The first-order valence-corrected chi connectivity index (χ1v) is 13.0. The maximum Gasteiger partial charge on any atom is 0.416 e. The molecule has 37 heavy (non-hydrogen) atoms. The van der Waals surface area contributed by atoms with Crippen LogP contribution in [0.5, 0.6) is 0 Å². The van der Waals surface area contributed by atoms with Crippen LogP contribution in [0.25, 0.3) is 5.69 Å². The van der Waals surface area contributed by atoms with E-state index >= 15 is 0 Å². The van der Waals surface area contributed by atoms with Gasteiger partial charge in [-0.05, 0) is 61.4 Å². The third-order valence-corrected chi connectivity index (χ3v) is 7.30. The lowest BCUT2D eigenvalue weighted by Crippen LogP contribution is -2.31. The molecule has 2 aliphatic rings. The Hall–Kier alpha value is -1.84. The van der Waals surface area contributed by atoms with Gasteiger partial charge in [0.1, 0.15) is 17.3 Å². The Kier molecular flexibility index (Phi) is 8.46. The van der Waals surface area contributed by atoms with Crippen molar-refractivity contribution in [2.75, 3.05) is 11.4 Å². The van der Waals surface area contributed by atoms with Crippen molar-refractivity contribution in [3.05, 3.63) is 69.2 Å². The second-order valence-corrected chi connectivity index (χ2v) is 10.5. The number of anilines is 1. The van der Waals surface area contributed by atoms with Crippen LogP contribution in [0.3, 0.4) is 0 Å². The zero-order valence-corrected chi connectivity index (χ0v) is 23.3. The fourth-order valence-corrected chi connectivity index (χ4v) is 5.22. The third-order valence-electron chi connectivity index (χ3n) is 6.73. The average molecular weight is 622 g/mol. The number of aromatic nitrogens is 3. The van der Waals surface area contributed by atoms with Crippen LogP contribution >= 0.6 is 40.2 Å². The summed E-state index contributed by atoms with van der Waals surface area (Å²) in [5.41, 5.74) is 0.263. The summed E-state index contributed by atoms with van der Waals surface area (Å²) in [4.78, 5) is 7.00. The molecule has 3 aromatic rings. The zero-order chi connectivity index (χ0) is 25.6. The second kappa shape index (κ2) is 11.1. The van der Waals surface area contributed by atoms with E-state index in [1.54, 1.807) is 12.1 Å². The zero-order valence-electron chi connectivity index (χ0n) is 20.1. The maximum atomic E-state index is 13.7. The van der Waals surface area contributed by atoms with E-state index in [-0.39, 0.29) is 50.5 Å². The van der Waals surface area contributed by atoms with Gasteiger partial charge >= 0.3 is 6.18 Å². The van der Waals surface area contributed by atoms with Crippen molar-refractivity contribution in [3.8, 4) is 5.69 Å². The molecule has 2 saturated carbocycles.